The molecule has 5 heteroatoms. The molecule has 0 aromatic heterocycles. The quantitative estimate of drug-likeness (QED) is 0.805. The Hall–Kier alpha value is -0.930. The van der Waals surface area contributed by atoms with Crippen molar-refractivity contribution in [1.82, 2.24) is 0 Å². The molecule has 0 spiro atoms. The third-order valence-electron chi connectivity index (χ3n) is 1.54. The lowest BCUT2D eigenvalue weighted by Crippen LogP contribution is -1.98. The summed E-state index contributed by atoms with van der Waals surface area (Å²) in [5.41, 5.74) is 0.613. The predicted molar refractivity (Wildman–Crippen MR) is 53.0 cm³/mol. The van der Waals surface area contributed by atoms with Gasteiger partial charge in [-0.1, -0.05) is 23.2 Å². The number of aromatic carboxylic acids is 1. The van der Waals surface area contributed by atoms with E-state index < -0.39 is 5.97 Å². The van der Waals surface area contributed by atoms with Gasteiger partial charge < -0.3 is 10.4 Å². The number of carboxylic acid groups (broad SMARTS) is 1. The Labute approximate surface area is 85.3 Å². The van der Waals surface area contributed by atoms with Gasteiger partial charge in [0.15, 0.2) is 0 Å². The smallest absolute Gasteiger partial charge is 0.335 e. The highest BCUT2D eigenvalue weighted by Crippen LogP contribution is 2.31. The fraction of sp³-hybridized carbons (Fsp3) is 0.125. The number of carboxylic acids is 1. The van der Waals surface area contributed by atoms with Crippen molar-refractivity contribution in [3.63, 3.8) is 0 Å². The van der Waals surface area contributed by atoms with Gasteiger partial charge in [-0.25, -0.2) is 4.79 Å². The van der Waals surface area contributed by atoms with Gasteiger partial charge in [0.25, 0.3) is 0 Å². The van der Waals surface area contributed by atoms with E-state index in [9.17, 15) is 4.79 Å². The molecule has 0 saturated heterocycles. The molecule has 1 aromatic rings. The summed E-state index contributed by atoms with van der Waals surface area (Å²) < 4.78 is 0. The first-order chi connectivity index (χ1) is 6.06. The Morgan fingerprint density at radius 1 is 1.38 bits per heavy atom. The number of halogens is 2. The van der Waals surface area contributed by atoms with E-state index in [0.717, 1.165) is 0 Å². The van der Waals surface area contributed by atoms with E-state index in [1.165, 1.54) is 12.1 Å². The Bertz CT molecular complexity index is 329. The van der Waals surface area contributed by atoms with Crippen molar-refractivity contribution in [2.75, 3.05) is 12.4 Å². The van der Waals surface area contributed by atoms with E-state index in [4.69, 9.17) is 28.3 Å². The summed E-state index contributed by atoms with van der Waals surface area (Å²) in [7, 11) is 1.66. The van der Waals surface area contributed by atoms with Gasteiger partial charge >= 0.3 is 5.97 Å². The number of carbonyl (C=O) groups is 1. The Morgan fingerprint density at radius 3 is 2.15 bits per heavy atom. The van der Waals surface area contributed by atoms with Gasteiger partial charge in [-0.3, -0.25) is 0 Å². The van der Waals surface area contributed by atoms with Crippen molar-refractivity contribution < 1.29 is 9.90 Å². The summed E-state index contributed by atoms with van der Waals surface area (Å²) in [6, 6.07) is 2.70. The van der Waals surface area contributed by atoms with Crippen LogP contribution in [0, 0.1) is 0 Å². The second-order valence-corrected chi connectivity index (χ2v) is 3.18. The lowest BCUT2D eigenvalue weighted by atomic mass is 10.2. The molecule has 0 unspecified atom stereocenters. The van der Waals surface area contributed by atoms with Crippen LogP contribution < -0.4 is 5.32 Å². The van der Waals surface area contributed by atoms with E-state index in [-0.39, 0.29) is 5.56 Å². The van der Waals surface area contributed by atoms with Crippen LogP contribution in [0.1, 0.15) is 10.4 Å². The van der Waals surface area contributed by atoms with Crippen molar-refractivity contribution in [2.45, 2.75) is 0 Å². The zero-order chi connectivity index (χ0) is 10.0. The second-order valence-electron chi connectivity index (χ2n) is 2.37. The minimum atomic E-state index is -1.05. The van der Waals surface area contributed by atoms with Crippen LogP contribution in [0.15, 0.2) is 12.1 Å². The van der Waals surface area contributed by atoms with Gasteiger partial charge in [0.1, 0.15) is 0 Å². The summed E-state index contributed by atoms with van der Waals surface area (Å²) in [4.78, 5) is 10.6. The average molecular weight is 220 g/mol. The summed E-state index contributed by atoms with van der Waals surface area (Å²) >= 11 is 11.5. The van der Waals surface area contributed by atoms with Crippen LogP contribution in [-0.4, -0.2) is 18.1 Å². The molecule has 0 aliphatic heterocycles. The molecule has 2 N–H and O–H groups in total. The third kappa shape index (κ3) is 2.05. The van der Waals surface area contributed by atoms with Gasteiger partial charge in [0.05, 0.1) is 21.3 Å². The summed E-state index contributed by atoms with van der Waals surface area (Å²) in [6.45, 7) is 0. The molecule has 1 rings (SSSR count). The molecule has 0 saturated carbocycles. The minimum absolute atomic E-state index is 0.0778. The lowest BCUT2D eigenvalue weighted by Gasteiger charge is -2.06. The van der Waals surface area contributed by atoms with Gasteiger partial charge in [-0.2, -0.15) is 0 Å². The summed E-state index contributed by atoms with van der Waals surface area (Å²) in [5.74, 6) is -1.05. The van der Waals surface area contributed by atoms with Crippen LogP contribution in [-0.2, 0) is 0 Å². The van der Waals surface area contributed by atoms with Crippen LogP contribution in [0.3, 0.4) is 0 Å². The predicted octanol–water partition coefficient (Wildman–Crippen LogP) is 2.73. The Kier molecular flexibility index (Phi) is 3.01. The fourth-order valence-electron chi connectivity index (χ4n) is 0.935. The lowest BCUT2D eigenvalue weighted by molar-refractivity contribution is 0.0697. The largest absolute Gasteiger partial charge is 0.478 e. The molecule has 0 aliphatic rings. The molecule has 1 aromatic carbocycles. The van der Waals surface area contributed by atoms with Crippen LogP contribution >= 0.6 is 23.2 Å². The molecular weight excluding hydrogens is 213 g/mol. The normalized spacial score (nSPS) is 9.77. The molecule has 0 bridgehead atoms. The van der Waals surface area contributed by atoms with Crippen molar-refractivity contribution in [3.8, 4) is 0 Å². The highest BCUT2D eigenvalue weighted by Gasteiger charge is 2.10. The number of nitrogens with one attached hydrogen (secondary N) is 1. The topological polar surface area (TPSA) is 49.3 Å². The van der Waals surface area contributed by atoms with E-state index in [2.05, 4.69) is 5.32 Å². The molecule has 0 atom stereocenters. The molecule has 0 aliphatic carbocycles. The minimum Gasteiger partial charge on any atom is -0.478 e. The zero-order valence-corrected chi connectivity index (χ0v) is 8.28. The first-order valence-corrected chi connectivity index (χ1v) is 4.22. The highest BCUT2D eigenvalue weighted by atomic mass is 35.5. The van der Waals surface area contributed by atoms with Gasteiger partial charge in [0, 0.05) is 7.05 Å². The summed E-state index contributed by atoms with van der Waals surface area (Å²) in [5, 5.41) is 12.0. The highest BCUT2D eigenvalue weighted by molar-refractivity contribution is 6.39. The number of benzene rings is 1. The molecular formula is C8H7Cl2NO2. The first kappa shape index (κ1) is 10.2. The fourth-order valence-corrected chi connectivity index (χ4v) is 1.61. The number of hydrogen-bond acceptors (Lipinski definition) is 2. The monoisotopic (exact) mass is 219 g/mol. The molecule has 70 valence electrons. The van der Waals surface area contributed by atoms with Crippen molar-refractivity contribution in [3.05, 3.63) is 27.7 Å². The third-order valence-corrected chi connectivity index (χ3v) is 2.14. The van der Waals surface area contributed by atoms with E-state index in [1.54, 1.807) is 7.05 Å². The number of hydrogen-bond donors (Lipinski definition) is 2. The summed E-state index contributed by atoms with van der Waals surface area (Å²) in [6.07, 6.45) is 0. The van der Waals surface area contributed by atoms with E-state index in [0.29, 0.717) is 15.7 Å². The number of rotatable bonds is 2. The standard InChI is InChI=1S/C8H7Cl2NO2/c1-11-7-5(9)2-4(8(12)13)3-6(7)10/h2-3,11H,1H3,(H,12,13). The van der Waals surface area contributed by atoms with Crippen LogP contribution in [0.25, 0.3) is 0 Å². The van der Waals surface area contributed by atoms with Crippen LogP contribution in [0.5, 0.6) is 0 Å². The average Bonchev–Trinajstić information content (AvgIpc) is 2.03. The van der Waals surface area contributed by atoms with Crippen LogP contribution in [0.2, 0.25) is 10.0 Å². The zero-order valence-electron chi connectivity index (χ0n) is 6.77. The van der Waals surface area contributed by atoms with Gasteiger partial charge in [-0.05, 0) is 12.1 Å². The van der Waals surface area contributed by atoms with Gasteiger partial charge in [-0.15, -0.1) is 0 Å². The molecule has 3 nitrogen and oxygen atoms in total. The van der Waals surface area contributed by atoms with E-state index >= 15 is 0 Å². The van der Waals surface area contributed by atoms with Crippen molar-refractivity contribution in [2.24, 2.45) is 0 Å². The maximum Gasteiger partial charge on any atom is 0.335 e. The Balaban J connectivity index is 3.28. The maximum absolute atomic E-state index is 10.6. The number of anilines is 1. The van der Waals surface area contributed by atoms with Crippen molar-refractivity contribution >= 4 is 34.9 Å². The molecule has 0 fully saturated rings. The first-order valence-electron chi connectivity index (χ1n) is 3.46. The molecule has 0 amide bonds. The van der Waals surface area contributed by atoms with Crippen LogP contribution in [0.4, 0.5) is 5.69 Å². The second kappa shape index (κ2) is 3.85. The van der Waals surface area contributed by atoms with Gasteiger partial charge in [0.2, 0.25) is 0 Å². The van der Waals surface area contributed by atoms with E-state index in [1.807, 2.05) is 0 Å². The van der Waals surface area contributed by atoms with Crippen molar-refractivity contribution in [1.29, 1.82) is 0 Å². The Morgan fingerprint density at radius 2 is 1.85 bits per heavy atom. The molecule has 0 radical (unpaired) electrons. The molecule has 0 heterocycles. The maximum atomic E-state index is 10.6. The SMILES string of the molecule is CNc1c(Cl)cc(C(=O)O)cc1Cl. The molecule has 13 heavy (non-hydrogen) atoms.